The molecule has 0 aliphatic heterocycles. The summed E-state index contributed by atoms with van der Waals surface area (Å²) in [5.41, 5.74) is 6.38. The van der Waals surface area contributed by atoms with E-state index >= 15 is 0 Å². The van der Waals surface area contributed by atoms with Gasteiger partial charge in [0.2, 0.25) is 5.91 Å². The van der Waals surface area contributed by atoms with Crippen LogP contribution in [0.25, 0.3) is 0 Å². The lowest BCUT2D eigenvalue weighted by molar-refractivity contribution is -0.384. The van der Waals surface area contributed by atoms with E-state index in [1.165, 1.54) is 30.7 Å². The fraction of sp³-hybridized carbons (Fsp3) is 0.579. The molecule has 2 aliphatic rings. The molecule has 27 heavy (non-hydrogen) atoms. The molecular formula is C19H26N4O4. The summed E-state index contributed by atoms with van der Waals surface area (Å²) in [6.45, 7) is 0.225. The molecule has 8 nitrogen and oxygen atoms in total. The molecule has 2 bridgehead atoms. The fourth-order valence-corrected chi connectivity index (χ4v) is 4.41. The molecule has 2 fully saturated rings. The number of nitrogens with one attached hydrogen (secondary N) is 2. The number of nitrogens with zero attached hydrogens (tertiary/aromatic N) is 1. The molecule has 2 atom stereocenters. The molecule has 1 aromatic carbocycles. The number of amides is 2. The normalized spacial score (nSPS) is 26.9. The molecule has 2 aliphatic carbocycles. The minimum absolute atomic E-state index is 0.0589. The number of hydrogen-bond donors (Lipinski definition) is 3. The Bertz CT molecular complexity index is 692. The maximum absolute atomic E-state index is 12.3. The van der Waals surface area contributed by atoms with Gasteiger partial charge in [-0.3, -0.25) is 19.7 Å². The molecule has 2 unspecified atom stereocenters. The van der Waals surface area contributed by atoms with E-state index in [1.807, 2.05) is 0 Å². The maximum Gasteiger partial charge on any atom is 0.269 e. The largest absolute Gasteiger partial charge is 0.353 e. The number of nitro groups is 1. The van der Waals surface area contributed by atoms with Crippen LogP contribution >= 0.6 is 0 Å². The lowest BCUT2D eigenvalue weighted by Gasteiger charge is -2.45. The highest BCUT2D eigenvalue weighted by atomic mass is 16.6. The van der Waals surface area contributed by atoms with Crippen molar-refractivity contribution in [2.45, 2.75) is 50.6 Å². The van der Waals surface area contributed by atoms with Gasteiger partial charge in [0.1, 0.15) is 0 Å². The number of benzene rings is 1. The van der Waals surface area contributed by atoms with Gasteiger partial charge >= 0.3 is 0 Å². The van der Waals surface area contributed by atoms with Crippen molar-refractivity contribution in [3.8, 4) is 0 Å². The van der Waals surface area contributed by atoms with Crippen LogP contribution in [0.1, 0.15) is 48.9 Å². The van der Waals surface area contributed by atoms with Crippen LogP contribution in [0.15, 0.2) is 24.3 Å². The van der Waals surface area contributed by atoms with E-state index in [4.69, 9.17) is 5.73 Å². The van der Waals surface area contributed by atoms with Crippen molar-refractivity contribution in [2.75, 3.05) is 6.54 Å². The highest BCUT2D eigenvalue weighted by molar-refractivity contribution is 5.94. The van der Waals surface area contributed by atoms with Crippen molar-refractivity contribution in [3.63, 3.8) is 0 Å². The van der Waals surface area contributed by atoms with Gasteiger partial charge in [0.25, 0.3) is 11.6 Å². The summed E-state index contributed by atoms with van der Waals surface area (Å²) in [4.78, 5) is 34.5. The summed E-state index contributed by atoms with van der Waals surface area (Å²) >= 11 is 0. The third kappa shape index (κ3) is 4.82. The number of non-ortho nitro benzene ring substituents is 1. The van der Waals surface area contributed by atoms with E-state index in [9.17, 15) is 19.7 Å². The first-order chi connectivity index (χ1) is 12.9. The zero-order valence-corrected chi connectivity index (χ0v) is 15.2. The number of rotatable bonds is 6. The second-order valence-electron chi connectivity index (χ2n) is 7.59. The van der Waals surface area contributed by atoms with Crippen LogP contribution in [0.4, 0.5) is 5.69 Å². The molecule has 0 heterocycles. The Morgan fingerprint density at radius 1 is 1.15 bits per heavy atom. The van der Waals surface area contributed by atoms with Crippen molar-refractivity contribution < 1.29 is 14.5 Å². The lowest BCUT2D eigenvalue weighted by Crippen LogP contribution is -2.54. The molecule has 146 valence electrons. The molecule has 0 saturated heterocycles. The van der Waals surface area contributed by atoms with Crippen molar-refractivity contribution in [1.82, 2.24) is 10.6 Å². The Balaban J connectivity index is 1.44. The van der Waals surface area contributed by atoms with E-state index in [0.29, 0.717) is 17.4 Å². The summed E-state index contributed by atoms with van der Waals surface area (Å²) in [6.07, 6.45) is 5.59. The van der Waals surface area contributed by atoms with E-state index in [0.717, 1.165) is 25.7 Å². The average Bonchev–Trinajstić information content (AvgIpc) is 2.62. The molecule has 0 spiro atoms. The topological polar surface area (TPSA) is 127 Å². The second-order valence-corrected chi connectivity index (χ2v) is 7.59. The van der Waals surface area contributed by atoms with Gasteiger partial charge in [0.05, 0.1) is 4.92 Å². The Morgan fingerprint density at radius 2 is 1.78 bits per heavy atom. The molecule has 0 radical (unpaired) electrons. The van der Waals surface area contributed by atoms with Gasteiger partial charge in [0, 0.05) is 42.7 Å². The smallest absolute Gasteiger partial charge is 0.269 e. The van der Waals surface area contributed by atoms with Crippen molar-refractivity contribution in [2.24, 2.45) is 17.6 Å². The van der Waals surface area contributed by atoms with Crippen molar-refractivity contribution >= 4 is 17.5 Å². The molecule has 2 amide bonds. The monoisotopic (exact) mass is 374 g/mol. The first-order valence-electron chi connectivity index (χ1n) is 9.51. The number of carbonyl (C=O) groups excluding carboxylic acids is 2. The predicted molar refractivity (Wildman–Crippen MR) is 100 cm³/mol. The van der Waals surface area contributed by atoms with Crippen LogP contribution in [0, 0.1) is 22.0 Å². The van der Waals surface area contributed by atoms with Gasteiger partial charge in [-0.05, 0) is 49.7 Å². The highest BCUT2D eigenvalue weighted by Gasteiger charge is 2.39. The summed E-state index contributed by atoms with van der Waals surface area (Å²) in [7, 11) is 0. The quantitative estimate of drug-likeness (QED) is 0.516. The Kier molecular flexibility index (Phi) is 6.05. The summed E-state index contributed by atoms with van der Waals surface area (Å²) in [5.74, 6) is 0.520. The Labute approximate surface area is 158 Å². The lowest BCUT2D eigenvalue weighted by atomic mass is 9.67. The summed E-state index contributed by atoms with van der Waals surface area (Å²) in [6, 6.07) is 5.83. The van der Waals surface area contributed by atoms with E-state index in [2.05, 4.69) is 10.6 Å². The standard InChI is InChI=1S/C19H26N4O4/c20-15-10-13-2-1-3-14(11-15)18(13)22-17(24)8-9-21-19(25)12-4-6-16(7-5-12)23(26)27/h4-7,13-15,18H,1-3,8-11,20H2,(H,21,25)(H,22,24). The zero-order valence-electron chi connectivity index (χ0n) is 15.2. The first-order valence-corrected chi connectivity index (χ1v) is 9.51. The predicted octanol–water partition coefficient (Wildman–Crippen LogP) is 1.74. The number of hydrogen-bond acceptors (Lipinski definition) is 5. The van der Waals surface area contributed by atoms with E-state index in [1.54, 1.807) is 0 Å². The molecular weight excluding hydrogens is 348 g/mol. The fourth-order valence-electron chi connectivity index (χ4n) is 4.41. The van der Waals surface area contributed by atoms with E-state index < -0.39 is 4.92 Å². The molecule has 2 saturated carbocycles. The number of nitro benzene ring substituents is 1. The van der Waals surface area contributed by atoms with Crippen molar-refractivity contribution in [3.05, 3.63) is 39.9 Å². The molecule has 4 N–H and O–H groups in total. The van der Waals surface area contributed by atoms with Crippen LogP contribution in [-0.2, 0) is 4.79 Å². The Morgan fingerprint density at radius 3 is 2.37 bits per heavy atom. The second kappa shape index (κ2) is 8.47. The van der Waals surface area contributed by atoms with Gasteiger partial charge in [-0.1, -0.05) is 6.42 Å². The van der Waals surface area contributed by atoms with Gasteiger partial charge in [-0.25, -0.2) is 0 Å². The van der Waals surface area contributed by atoms with Gasteiger partial charge in [-0.2, -0.15) is 0 Å². The zero-order chi connectivity index (χ0) is 19.4. The van der Waals surface area contributed by atoms with Gasteiger partial charge < -0.3 is 16.4 Å². The highest BCUT2D eigenvalue weighted by Crippen LogP contribution is 2.39. The SMILES string of the molecule is NC1CC2CCCC(C1)C2NC(=O)CCNC(=O)c1ccc([N+](=O)[O-])cc1. The van der Waals surface area contributed by atoms with Gasteiger partial charge in [0.15, 0.2) is 0 Å². The third-order valence-electron chi connectivity index (χ3n) is 5.68. The summed E-state index contributed by atoms with van der Waals surface area (Å²) < 4.78 is 0. The number of carbonyl (C=O) groups is 2. The van der Waals surface area contributed by atoms with Crippen LogP contribution in [-0.4, -0.2) is 35.4 Å². The third-order valence-corrected chi connectivity index (χ3v) is 5.68. The maximum atomic E-state index is 12.3. The van der Waals surface area contributed by atoms with Gasteiger partial charge in [-0.15, -0.1) is 0 Å². The van der Waals surface area contributed by atoms with Crippen LogP contribution < -0.4 is 16.4 Å². The number of nitrogens with two attached hydrogens (primary N) is 1. The molecule has 3 rings (SSSR count). The minimum atomic E-state index is -0.514. The van der Waals surface area contributed by atoms with Crippen LogP contribution in [0.2, 0.25) is 0 Å². The minimum Gasteiger partial charge on any atom is -0.353 e. The Hall–Kier alpha value is -2.48. The summed E-state index contributed by atoms with van der Waals surface area (Å²) in [5, 5.41) is 16.5. The number of fused-ring (bicyclic) bond motifs is 2. The van der Waals surface area contributed by atoms with E-state index in [-0.39, 0.29) is 42.6 Å². The first kappa shape index (κ1) is 19.3. The van der Waals surface area contributed by atoms with Crippen LogP contribution in [0.5, 0.6) is 0 Å². The molecule has 1 aromatic rings. The van der Waals surface area contributed by atoms with Crippen molar-refractivity contribution in [1.29, 1.82) is 0 Å². The molecule has 0 aromatic heterocycles. The molecule has 8 heteroatoms. The van der Waals surface area contributed by atoms with Crippen LogP contribution in [0.3, 0.4) is 0 Å². The average molecular weight is 374 g/mol.